The standard InChI is InChI=1S/C22H16ClFN2O2/c23-16-9-5-14(6-10-16)20(27)13-26-22(28)19-4-2-1-3-18(19)21(25-26)15-7-11-17(24)12-8-15/h1-12,20,27H,13H2/t20-/m1/s1. The van der Waals surface area contributed by atoms with Gasteiger partial charge in [0.25, 0.3) is 5.56 Å². The van der Waals surface area contributed by atoms with E-state index in [1.54, 1.807) is 48.5 Å². The van der Waals surface area contributed by atoms with Crippen LogP contribution < -0.4 is 5.56 Å². The van der Waals surface area contributed by atoms with Gasteiger partial charge < -0.3 is 5.11 Å². The molecule has 1 N–H and O–H groups in total. The first-order valence-electron chi connectivity index (χ1n) is 8.72. The molecule has 1 heterocycles. The quantitative estimate of drug-likeness (QED) is 0.550. The molecule has 0 aliphatic carbocycles. The second-order valence-electron chi connectivity index (χ2n) is 6.46. The van der Waals surface area contributed by atoms with Crippen LogP contribution in [0.5, 0.6) is 0 Å². The van der Waals surface area contributed by atoms with E-state index < -0.39 is 6.10 Å². The van der Waals surface area contributed by atoms with Crippen molar-refractivity contribution in [3.63, 3.8) is 0 Å². The summed E-state index contributed by atoms with van der Waals surface area (Å²) in [6.07, 6.45) is -0.926. The molecule has 0 radical (unpaired) electrons. The second-order valence-corrected chi connectivity index (χ2v) is 6.89. The summed E-state index contributed by atoms with van der Waals surface area (Å²) in [5.74, 6) is -0.348. The zero-order valence-electron chi connectivity index (χ0n) is 14.7. The van der Waals surface area contributed by atoms with Crippen molar-refractivity contribution < 1.29 is 9.50 Å². The van der Waals surface area contributed by atoms with Gasteiger partial charge in [-0.15, -0.1) is 0 Å². The SMILES string of the molecule is O=c1c2ccccc2c(-c2ccc(F)cc2)nn1C[C@@H](O)c1ccc(Cl)cc1. The highest BCUT2D eigenvalue weighted by Crippen LogP contribution is 2.25. The predicted octanol–water partition coefficient (Wildman–Crippen LogP) is 4.59. The molecule has 4 aromatic rings. The van der Waals surface area contributed by atoms with Crippen LogP contribution in [0.2, 0.25) is 5.02 Å². The van der Waals surface area contributed by atoms with E-state index >= 15 is 0 Å². The first kappa shape index (κ1) is 18.3. The van der Waals surface area contributed by atoms with E-state index in [0.29, 0.717) is 32.6 Å². The molecule has 140 valence electrons. The molecule has 28 heavy (non-hydrogen) atoms. The number of halogens is 2. The Morgan fingerprint density at radius 3 is 2.29 bits per heavy atom. The van der Waals surface area contributed by atoms with E-state index in [1.165, 1.54) is 16.8 Å². The first-order valence-corrected chi connectivity index (χ1v) is 9.10. The normalized spacial score (nSPS) is 12.2. The number of aliphatic hydroxyl groups is 1. The van der Waals surface area contributed by atoms with Crippen LogP contribution in [0.1, 0.15) is 11.7 Å². The third-order valence-corrected chi connectivity index (χ3v) is 4.84. The summed E-state index contributed by atoms with van der Waals surface area (Å²) >= 11 is 5.89. The van der Waals surface area contributed by atoms with Gasteiger partial charge in [-0.2, -0.15) is 5.10 Å². The number of benzene rings is 3. The smallest absolute Gasteiger partial charge is 0.274 e. The van der Waals surface area contributed by atoms with Gasteiger partial charge in [0.2, 0.25) is 0 Å². The number of aliphatic hydroxyl groups excluding tert-OH is 1. The molecule has 0 spiro atoms. The van der Waals surface area contributed by atoms with E-state index in [4.69, 9.17) is 11.6 Å². The van der Waals surface area contributed by atoms with Crippen LogP contribution in [0, 0.1) is 5.82 Å². The molecule has 0 fully saturated rings. The van der Waals surface area contributed by atoms with Gasteiger partial charge in [0.1, 0.15) is 5.82 Å². The summed E-state index contributed by atoms with van der Waals surface area (Å²) in [5, 5.41) is 16.8. The highest BCUT2D eigenvalue weighted by Gasteiger charge is 2.15. The molecule has 3 aromatic carbocycles. The van der Waals surface area contributed by atoms with Gasteiger partial charge in [-0.1, -0.05) is 41.9 Å². The van der Waals surface area contributed by atoms with Crippen molar-refractivity contribution in [2.45, 2.75) is 12.6 Å². The molecule has 0 unspecified atom stereocenters. The Bertz CT molecular complexity index is 1190. The predicted molar refractivity (Wildman–Crippen MR) is 108 cm³/mol. The molecular formula is C22H16ClFN2O2. The molecule has 0 amide bonds. The average molecular weight is 395 g/mol. The van der Waals surface area contributed by atoms with E-state index in [0.717, 1.165) is 0 Å². The summed E-state index contributed by atoms with van der Waals surface area (Å²) in [5.41, 5.74) is 1.58. The van der Waals surface area contributed by atoms with Crippen molar-refractivity contribution in [2.24, 2.45) is 0 Å². The lowest BCUT2D eigenvalue weighted by Crippen LogP contribution is -2.26. The maximum Gasteiger partial charge on any atom is 0.274 e. The van der Waals surface area contributed by atoms with Crippen molar-refractivity contribution in [1.29, 1.82) is 0 Å². The molecule has 0 aliphatic rings. The topological polar surface area (TPSA) is 55.1 Å². The lowest BCUT2D eigenvalue weighted by Gasteiger charge is -2.15. The Kier molecular flexibility index (Phi) is 4.94. The van der Waals surface area contributed by atoms with Gasteiger partial charge in [-0.05, 0) is 48.0 Å². The van der Waals surface area contributed by atoms with E-state index in [1.807, 2.05) is 12.1 Å². The van der Waals surface area contributed by atoms with Crippen molar-refractivity contribution in [2.75, 3.05) is 0 Å². The van der Waals surface area contributed by atoms with Gasteiger partial charge in [-0.25, -0.2) is 9.07 Å². The third-order valence-electron chi connectivity index (χ3n) is 4.59. The fourth-order valence-electron chi connectivity index (χ4n) is 3.13. The van der Waals surface area contributed by atoms with Gasteiger partial charge in [0.05, 0.1) is 23.7 Å². The van der Waals surface area contributed by atoms with Gasteiger partial charge in [-0.3, -0.25) is 4.79 Å². The van der Waals surface area contributed by atoms with Crippen molar-refractivity contribution in [1.82, 2.24) is 9.78 Å². The molecule has 0 saturated carbocycles. The monoisotopic (exact) mass is 394 g/mol. The summed E-state index contributed by atoms with van der Waals surface area (Å²) in [6.45, 7) is -0.0144. The second kappa shape index (κ2) is 7.54. The summed E-state index contributed by atoms with van der Waals surface area (Å²) in [7, 11) is 0. The number of aromatic nitrogens is 2. The molecule has 1 aromatic heterocycles. The molecule has 0 bridgehead atoms. The molecule has 0 aliphatic heterocycles. The Hall–Kier alpha value is -3.02. The number of nitrogens with zero attached hydrogens (tertiary/aromatic N) is 2. The fourth-order valence-corrected chi connectivity index (χ4v) is 3.26. The van der Waals surface area contributed by atoms with Gasteiger partial charge >= 0.3 is 0 Å². The minimum Gasteiger partial charge on any atom is -0.386 e. The fraction of sp³-hybridized carbons (Fsp3) is 0.0909. The minimum absolute atomic E-state index is 0.0144. The van der Waals surface area contributed by atoms with Crippen molar-refractivity contribution in [3.05, 3.63) is 99.6 Å². The van der Waals surface area contributed by atoms with Crippen LogP contribution in [0.25, 0.3) is 22.0 Å². The van der Waals surface area contributed by atoms with Crippen molar-refractivity contribution >= 4 is 22.4 Å². The molecule has 1 atom stereocenters. The minimum atomic E-state index is -0.926. The molecular weight excluding hydrogens is 379 g/mol. The Balaban J connectivity index is 1.82. The summed E-state index contributed by atoms with van der Waals surface area (Å²) in [6, 6.07) is 19.8. The highest BCUT2D eigenvalue weighted by molar-refractivity contribution is 6.30. The largest absolute Gasteiger partial charge is 0.386 e. The van der Waals surface area contributed by atoms with Crippen LogP contribution in [0.15, 0.2) is 77.6 Å². The Morgan fingerprint density at radius 2 is 1.61 bits per heavy atom. The number of hydrogen-bond donors (Lipinski definition) is 1. The molecule has 0 saturated heterocycles. The van der Waals surface area contributed by atoms with Crippen LogP contribution in [-0.2, 0) is 6.54 Å². The Labute approximate surface area is 165 Å². The number of fused-ring (bicyclic) bond motifs is 1. The highest BCUT2D eigenvalue weighted by atomic mass is 35.5. The van der Waals surface area contributed by atoms with Crippen LogP contribution in [0.4, 0.5) is 4.39 Å². The maximum absolute atomic E-state index is 13.3. The van der Waals surface area contributed by atoms with Gasteiger partial charge in [0.15, 0.2) is 0 Å². The lowest BCUT2D eigenvalue weighted by molar-refractivity contribution is 0.150. The van der Waals surface area contributed by atoms with E-state index in [9.17, 15) is 14.3 Å². The zero-order valence-corrected chi connectivity index (χ0v) is 15.5. The van der Waals surface area contributed by atoms with Crippen LogP contribution >= 0.6 is 11.6 Å². The van der Waals surface area contributed by atoms with E-state index in [-0.39, 0.29) is 17.9 Å². The van der Waals surface area contributed by atoms with Crippen molar-refractivity contribution in [3.8, 4) is 11.3 Å². The third kappa shape index (κ3) is 3.54. The van der Waals surface area contributed by atoms with Gasteiger partial charge in [0, 0.05) is 16.0 Å². The molecule has 4 nitrogen and oxygen atoms in total. The Morgan fingerprint density at radius 1 is 0.964 bits per heavy atom. The number of hydrogen-bond acceptors (Lipinski definition) is 3. The summed E-state index contributed by atoms with van der Waals surface area (Å²) < 4.78 is 14.6. The molecule has 4 rings (SSSR count). The molecule has 6 heteroatoms. The summed E-state index contributed by atoms with van der Waals surface area (Å²) in [4.78, 5) is 12.9. The number of rotatable bonds is 4. The van der Waals surface area contributed by atoms with Crippen LogP contribution in [0.3, 0.4) is 0 Å². The first-order chi connectivity index (χ1) is 13.5. The lowest BCUT2D eigenvalue weighted by atomic mass is 10.0. The van der Waals surface area contributed by atoms with E-state index in [2.05, 4.69) is 5.10 Å². The zero-order chi connectivity index (χ0) is 19.7. The maximum atomic E-state index is 13.3. The van der Waals surface area contributed by atoms with Crippen LogP contribution in [-0.4, -0.2) is 14.9 Å². The average Bonchev–Trinajstić information content (AvgIpc) is 2.71.